The maximum absolute atomic E-state index is 12.2. The number of hydrogen-bond acceptors (Lipinski definition) is 7. The second-order valence-electron chi connectivity index (χ2n) is 5.42. The number of para-hydroxylation sites is 1. The average Bonchev–Trinajstić information content (AvgIpc) is 3.32. The number of carbonyl (C=O) groups is 1. The van der Waals surface area contributed by atoms with Crippen LogP contribution in [0.15, 0.2) is 56.7 Å². The zero-order valence-electron chi connectivity index (χ0n) is 14.5. The quantitative estimate of drug-likeness (QED) is 0.559. The van der Waals surface area contributed by atoms with Crippen molar-refractivity contribution in [3.8, 4) is 17.2 Å². The summed E-state index contributed by atoms with van der Waals surface area (Å²) in [7, 11) is 1.73. The molecule has 7 nitrogen and oxygen atoms in total. The molecule has 0 saturated heterocycles. The van der Waals surface area contributed by atoms with Crippen molar-refractivity contribution in [1.82, 2.24) is 15.1 Å². The van der Waals surface area contributed by atoms with Crippen molar-refractivity contribution < 1.29 is 18.4 Å². The first kappa shape index (κ1) is 18.1. The standard InChI is InChI=1S/C18H19N3O4S/c1-3-23-15-9-5-4-8-14(15)17-19-20-18(25-17)26-12-16(22)21(2)11-13-7-6-10-24-13/h4-10H,3,11-12H2,1-2H3. The van der Waals surface area contributed by atoms with Crippen molar-refractivity contribution in [3.63, 3.8) is 0 Å². The van der Waals surface area contributed by atoms with Crippen LogP contribution in [-0.2, 0) is 11.3 Å². The molecule has 26 heavy (non-hydrogen) atoms. The minimum Gasteiger partial charge on any atom is -0.493 e. The van der Waals surface area contributed by atoms with E-state index in [2.05, 4.69) is 10.2 Å². The third-order valence-corrected chi connectivity index (χ3v) is 4.34. The molecule has 3 rings (SSSR count). The molecule has 0 N–H and O–H groups in total. The van der Waals surface area contributed by atoms with E-state index in [4.69, 9.17) is 13.6 Å². The first-order valence-corrected chi connectivity index (χ1v) is 9.10. The summed E-state index contributed by atoms with van der Waals surface area (Å²) in [4.78, 5) is 13.8. The normalized spacial score (nSPS) is 10.7. The molecule has 0 saturated carbocycles. The van der Waals surface area contributed by atoms with Crippen molar-refractivity contribution in [2.24, 2.45) is 0 Å². The Balaban J connectivity index is 1.59. The van der Waals surface area contributed by atoms with E-state index < -0.39 is 0 Å². The summed E-state index contributed by atoms with van der Waals surface area (Å²) in [5.41, 5.74) is 0.731. The van der Waals surface area contributed by atoms with Crippen LogP contribution in [0.3, 0.4) is 0 Å². The van der Waals surface area contributed by atoms with Crippen LogP contribution >= 0.6 is 11.8 Å². The van der Waals surface area contributed by atoms with Crippen LogP contribution in [0.2, 0.25) is 0 Å². The second-order valence-corrected chi connectivity index (χ2v) is 6.35. The van der Waals surface area contributed by atoms with Crippen LogP contribution in [0.1, 0.15) is 12.7 Å². The van der Waals surface area contributed by atoms with Crippen molar-refractivity contribution in [1.29, 1.82) is 0 Å². The summed E-state index contributed by atoms with van der Waals surface area (Å²) in [5, 5.41) is 8.40. The van der Waals surface area contributed by atoms with Gasteiger partial charge in [0.25, 0.3) is 11.1 Å². The average molecular weight is 373 g/mol. The van der Waals surface area contributed by atoms with Crippen LogP contribution in [0.4, 0.5) is 0 Å². The lowest BCUT2D eigenvalue weighted by Crippen LogP contribution is -2.27. The largest absolute Gasteiger partial charge is 0.493 e. The molecule has 2 aromatic heterocycles. The highest BCUT2D eigenvalue weighted by Crippen LogP contribution is 2.30. The minimum absolute atomic E-state index is 0.0548. The molecule has 0 atom stereocenters. The number of amides is 1. The third-order valence-electron chi connectivity index (χ3n) is 3.54. The molecule has 0 aliphatic carbocycles. The summed E-state index contributed by atoms with van der Waals surface area (Å²) < 4.78 is 16.5. The van der Waals surface area contributed by atoms with E-state index in [0.29, 0.717) is 30.0 Å². The minimum atomic E-state index is -0.0548. The number of thioether (sulfide) groups is 1. The van der Waals surface area contributed by atoms with Gasteiger partial charge >= 0.3 is 0 Å². The van der Waals surface area contributed by atoms with Crippen molar-refractivity contribution in [2.45, 2.75) is 18.7 Å². The zero-order chi connectivity index (χ0) is 18.4. The van der Waals surface area contributed by atoms with Crippen LogP contribution < -0.4 is 4.74 Å². The Morgan fingerprint density at radius 2 is 2.08 bits per heavy atom. The molecular formula is C18H19N3O4S. The van der Waals surface area contributed by atoms with Gasteiger partial charge in [-0.2, -0.15) is 0 Å². The fraction of sp³-hybridized carbons (Fsp3) is 0.278. The molecule has 0 aliphatic heterocycles. The Kier molecular flexibility index (Phi) is 5.96. The topological polar surface area (TPSA) is 81.6 Å². The Morgan fingerprint density at radius 3 is 2.85 bits per heavy atom. The predicted molar refractivity (Wildman–Crippen MR) is 96.8 cm³/mol. The Bertz CT molecular complexity index is 848. The molecule has 136 valence electrons. The van der Waals surface area contributed by atoms with E-state index in [0.717, 1.165) is 11.3 Å². The van der Waals surface area contributed by atoms with Gasteiger partial charge in [0, 0.05) is 7.05 Å². The van der Waals surface area contributed by atoms with Crippen LogP contribution in [0.25, 0.3) is 11.5 Å². The summed E-state index contributed by atoms with van der Waals surface area (Å²) >= 11 is 1.20. The molecule has 0 unspecified atom stereocenters. The van der Waals surface area contributed by atoms with Gasteiger partial charge < -0.3 is 18.5 Å². The fourth-order valence-corrected chi connectivity index (χ4v) is 2.96. The first-order chi connectivity index (χ1) is 12.7. The third kappa shape index (κ3) is 4.45. The first-order valence-electron chi connectivity index (χ1n) is 8.12. The van der Waals surface area contributed by atoms with E-state index in [1.54, 1.807) is 24.3 Å². The molecule has 1 amide bonds. The number of hydrogen-bond donors (Lipinski definition) is 0. The van der Waals surface area contributed by atoms with Crippen molar-refractivity contribution in [3.05, 3.63) is 48.4 Å². The summed E-state index contributed by atoms with van der Waals surface area (Å²) in [6, 6.07) is 11.1. The number of carbonyl (C=O) groups excluding carboxylic acids is 1. The van der Waals surface area contributed by atoms with Gasteiger partial charge in [-0.1, -0.05) is 23.9 Å². The Labute approximate surface area is 155 Å². The Hall–Kier alpha value is -2.74. The van der Waals surface area contributed by atoms with E-state index in [1.807, 2.05) is 37.3 Å². The zero-order valence-corrected chi connectivity index (χ0v) is 15.4. The molecule has 0 spiro atoms. The number of aromatic nitrogens is 2. The molecule has 0 aliphatic rings. The van der Waals surface area contributed by atoms with Gasteiger partial charge in [-0.3, -0.25) is 4.79 Å². The van der Waals surface area contributed by atoms with E-state index in [1.165, 1.54) is 11.8 Å². The van der Waals surface area contributed by atoms with Gasteiger partial charge in [0.1, 0.15) is 11.5 Å². The van der Waals surface area contributed by atoms with Gasteiger partial charge in [0.15, 0.2) is 0 Å². The lowest BCUT2D eigenvalue weighted by molar-refractivity contribution is -0.127. The maximum atomic E-state index is 12.2. The van der Waals surface area contributed by atoms with Crippen LogP contribution in [0, 0.1) is 0 Å². The molecule has 2 heterocycles. The number of rotatable bonds is 8. The summed E-state index contributed by atoms with van der Waals surface area (Å²) in [5.74, 6) is 1.93. The predicted octanol–water partition coefficient (Wildman–Crippen LogP) is 3.48. The molecule has 0 bridgehead atoms. The molecular weight excluding hydrogens is 354 g/mol. The number of furan rings is 1. The summed E-state index contributed by atoms with van der Waals surface area (Å²) in [6.07, 6.45) is 1.59. The monoisotopic (exact) mass is 373 g/mol. The molecule has 8 heteroatoms. The summed E-state index contributed by atoms with van der Waals surface area (Å²) in [6.45, 7) is 2.88. The van der Waals surface area contributed by atoms with Gasteiger partial charge in [0.2, 0.25) is 5.91 Å². The highest BCUT2D eigenvalue weighted by Gasteiger charge is 2.16. The molecule has 0 radical (unpaired) electrons. The number of benzene rings is 1. The van der Waals surface area contributed by atoms with E-state index >= 15 is 0 Å². The van der Waals surface area contributed by atoms with Gasteiger partial charge in [-0.15, -0.1) is 10.2 Å². The van der Waals surface area contributed by atoms with Crippen molar-refractivity contribution in [2.75, 3.05) is 19.4 Å². The molecule has 0 fully saturated rings. The van der Waals surface area contributed by atoms with Gasteiger partial charge in [0.05, 0.1) is 30.7 Å². The number of nitrogens with zero attached hydrogens (tertiary/aromatic N) is 3. The van der Waals surface area contributed by atoms with Crippen LogP contribution in [-0.4, -0.2) is 40.4 Å². The molecule has 3 aromatic rings. The van der Waals surface area contributed by atoms with E-state index in [-0.39, 0.29) is 11.7 Å². The van der Waals surface area contributed by atoms with Gasteiger partial charge in [-0.05, 0) is 31.2 Å². The maximum Gasteiger partial charge on any atom is 0.277 e. The van der Waals surface area contributed by atoms with Crippen molar-refractivity contribution >= 4 is 17.7 Å². The highest BCUT2D eigenvalue weighted by molar-refractivity contribution is 7.99. The molecule has 1 aromatic carbocycles. The van der Waals surface area contributed by atoms with Gasteiger partial charge in [-0.25, -0.2) is 0 Å². The lowest BCUT2D eigenvalue weighted by atomic mass is 10.2. The SMILES string of the molecule is CCOc1ccccc1-c1nnc(SCC(=O)N(C)Cc2ccco2)o1. The van der Waals surface area contributed by atoms with Crippen LogP contribution in [0.5, 0.6) is 5.75 Å². The fourth-order valence-electron chi connectivity index (χ4n) is 2.26. The van der Waals surface area contributed by atoms with E-state index in [9.17, 15) is 4.79 Å². The Morgan fingerprint density at radius 1 is 1.23 bits per heavy atom. The highest BCUT2D eigenvalue weighted by atomic mass is 32.2. The number of ether oxygens (including phenoxy) is 1. The lowest BCUT2D eigenvalue weighted by Gasteiger charge is -2.14. The second kappa shape index (κ2) is 8.57. The smallest absolute Gasteiger partial charge is 0.277 e.